The Hall–Kier alpha value is -2.60. The Morgan fingerprint density at radius 1 is 1.19 bits per heavy atom. The number of carbonyl (C=O) groups is 1. The van der Waals surface area contributed by atoms with E-state index in [0.717, 1.165) is 22.4 Å². The molecule has 1 aromatic heterocycles. The zero-order valence-corrected chi connectivity index (χ0v) is 16.5. The average Bonchev–Trinajstić information content (AvgIpc) is 3.00. The summed E-state index contributed by atoms with van der Waals surface area (Å²) in [6.45, 7) is 10.0. The summed E-state index contributed by atoms with van der Waals surface area (Å²) in [7, 11) is 1.53. The molecule has 138 valence electrons. The normalized spacial score (nSPS) is 11.3. The van der Waals surface area contributed by atoms with Crippen molar-refractivity contribution in [1.29, 1.82) is 0 Å². The molecule has 0 bridgehead atoms. The van der Waals surface area contributed by atoms with Crippen molar-refractivity contribution in [2.24, 2.45) is 4.99 Å². The predicted molar refractivity (Wildman–Crippen MR) is 103 cm³/mol. The van der Waals surface area contributed by atoms with Gasteiger partial charge in [0.25, 0.3) is 6.47 Å². The van der Waals surface area contributed by atoms with Crippen molar-refractivity contribution in [3.8, 4) is 5.88 Å². The zero-order valence-electron chi connectivity index (χ0n) is 15.8. The molecule has 0 radical (unpaired) electrons. The number of aromatic nitrogens is 2. The smallest absolute Gasteiger partial charge is 0.299 e. The summed E-state index contributed by atoms with van der Waals surface area (Å²) in [5, 5.41) is 5.02. The standard InChI is InChI=1S/C19H22ClN3O3/c1-11(2)14(5)23-16(9-17(22-23)25-6)19(26-10-24)21-18-12(3)7-15(20)8-13(18)4/h7-10H,1-6H3/b21-19-. The van der Waals surface area contributed by atoms with Crippen molar-refractivity contribution in [3.05, 3.63) is 45.6 Å². The number of aryl methyl sites for hydroxylation is 2. The van der Waals surface area contributed by atoms with E-state index in [1.165, 1.54) is 7.11 Å². The maximum atomic E-state index is 11.1. The summed E-state index contributed by atoms with van der Waals surface area (Å²) >= 11 is 6.09. The maximum absolute atomic E-state index is 11.1. The summed E-state index contributed by atoms with van der Waals surface area (Å²) in [5.74, 6) is 0.525. The van der Waals surface area contributed by atoms with Gasteiger partial charge in [0.15, 0.2) is 0 Å². The average molecular weight is 376 g/mol. The van der Waals surface area contributed by atoms with Crippen molar-refractivity contribution in [2.45, 2.75) is 34.6 Å². The van der Waals surface area contributed by atoms with Gasteiger partial charge < -0.3 is 9.47 Å². The lowest BCUT2D eigenvalue weighted by atomic mass is 10.1. The number of aliphatic imine (C=N–C) groups is 1. The minimum Gasteiger partial charge on any atom is -0.480 e. The van der Waals surface area contributed by atoms with Crippen LogP contribution in [-0.2, 0) is 9.53 Å². The van der Waals surface area contributed by atoms with Gasteiger partial charge in [0.05, 0.1) is 12.8 Å². The SMILES string of the molecule is COc1cc(/C(=N/c2c(C)cc(Cl)cc2C)OC=O)n(C(C)=C(C)C)n1. The topological polar surface area (TPSA) is 65.7 Å². The van der Waals surface area contributed by atoms with Crippen LogP contribution in [0.3, 0.4) is 0 Å². The lowest BCUT2D eigenvalue weighted by Crippen LogP contribution is -2.13. The molecule has 0 aliphatic rings. The third-order valence-electron chi connectivity index (χ3n) is 3.99. The largest absolute Gasteiger partial charge is 0.480 e. The van der Waals surface area contributed by atoms with Gasteiger partial charge in [0.1, 0.15) is 5.69 Å². The second kappa shape index (κ2) is 8.19. The summed E-state index contributed by atoms with van der Waals surface area (Å²) in [4.78, 5) is 15.7. The number of hydrogen-bond donors (Lipinski definition) is 0. The molecule has 0 aliphatic heterocycles. The number of benzene rings is 1. The fourth-order valence-corrected chi connectivity index (χ4v) is 2.78. The summed E-state index contributed by atoms with van der Waals surface area (Å²) in [6.07, 6.45) is 0. The highest BCUT2D eigenvalue weighted by molar-refractivity contribution is 6.30. The first kappa shape index (κ1) is 19.7. The molecule has 0 unspecified atom stereocenters. The molecular weight excluding hydrogens is 354 g/mol. The van der Waals surface area contributed by atoms with Crippen LogP contribution in [0, 0.1) is 13.8 Å². The molecule has 0 N–H and O–H groups in total. The molecule has 0 saturated heterocycles. The van der Waals surface area contributed by atoms with E-state index < -0.39 is 0 Å². The molecule has 26 heavy (non-hydrogen) atoms. The number of rotatable bonds is 5. The second-order valence-corrected chi connectivity index (χ2v) is 6.52. The Labute approximate surface area is 158 Å². The minimum absolute atomic E-state index is 0.130. The van der Waals surface area contributed by atoms with Gasteiger partial charge in [0, 0.05) is 16.8 Å². The van der Waals surface area contributed by atoms with Gasteiger partial charge >= 0.3 is 0 Å². The Bertz CT molecular complexity index is 870. The van der Waals surface area contributed by atoms with Crippen LogP contribution in [0.25, 0.3) is 5.70 Å². The van der Waals surface area contributed by atoms with Crippen molar-refractivity contribution in [3.63, 3.8) is 0 Å². The van der Waals surface area contributed by atoms with E-state index in [1.807, 2.05) is 46.8 Å². The lowest BCUT2D eigenvalue weighted by Gasteiger charge is -2.11. The number of allylic oxidation sites excluding steroid dienone is 2. The molecule has 0 spiro atoms. The van der Waals surface area contributed by atoms with Crippen molar-refractivity contribution >= 4 is 35.4 Å². The molecule has 2 aromatic rings. The number of hydrogen-bond acceptors (Lipinski definition) is 5. The van der Waals surface area contributed by atoms with E-state index in [1.54, 1.807) is 10.7 Å². The third-order valence-corrected chi connectivity index (χ3v) is 4.20. The predicted octanol–water partition coefficient (Wildman–Crippen LogP) is 4.68. The molecular formula is C19H22ClN3O3. The summed E-state index contributed by atoms with van der Waals surface area (Å²) in [6, 6.07) is 5.30. The highest BCUT2D eigenvalue weighted by atomic mass is 35.5. The van der Waals surface area contributed by atoms with Crippen LogP contribution >= 0.6 is 11.6 Å². The fraction of sp³-hybridized carbons (Fsp3) is 0.316. The van der Waals surface area contributed by atoms with E-state index in [2.05, 4.69) is 10.1 Å². The number of methoxy groups -OCH3 is 1. The van der Waals surface area contributed by atoms with E-state index in [0.29, 0.717) is 28.8 Å². The minimum atomic E-state index is 0.130. The molecule has 0 saturated carbocycles. The van der Waals surface area contributed by atoms with Crippen LogP contribution in [-0.4, -0.2) is 29.3 Å². The van der Waals surface area contributed by atoms with Crippen molar-refractivity contribution in [1.82, 2.24) is 9.78 Å². The van der Waals surface area contributed by atoms with Crippen molar-refractivity contribution in [2.75, 3.05) is 7.11 Å². The fourth-order valence-electron chi connectivity index (χ4n) is 2.45. The lowest BCUT2D eigenvalue weighted by molar-refractivity contribution is -0.121. The van der Waals surface area contributed by atoms with Gasteiger partial charge in [-0.25, -0.2) is 9.67 Å². The molecule has 6 nitrogen and oxygen atoms in total. The summed E-state index contributed by atoms with van der Waals surface area (Å²) < 4.78 is 12.1. The summed E-state index contributed by atoms with van der Waals surface area (Å²) in [5.41, 5.74) is 4.89. The quantitative estimate of drug-likeness (QED) is 0.432. The van der Waals surface area contributed by atoms with Gasteiger partial charge in [-0.1, -0.05) is 17.2 Å². The van der Waals surface area contributed by atoms with Gasteiger partial charge in [-0.3, -0.25) is 4.79 Å². The van der Waals surface area contributed by atoms with Crippen LogP contribution in [0.2, 0.25) is 5.02 Å². The number of nitrogens with zero attached hydrogens (tertiary/aromatic N) is 3. The molecule has 1 heterocycles. The zero-order chi connectivity index (χ0) is 19.4. The first-order valence-corrected chi connectivity index (χ1v) is 8.40. The van der Waals surface area contributed by atoms with E-state index in [9.17, 15) is 4.79 Å². The highest BCUT2D eigenvalue weighted by Crippen LogP contribution is 2.29. The molecule has 0 aliphatic carbocycles. The van der Waals surface area contributed by atoms with Gasteiger partial charge in [-0.15, -0.1) is 5.10 Å². The van der Waals surface area contributed by atoms with E-state index in [-0.39, 0.29) is 5.90 Å². The van der Waals surface area contributed by atoms with Gasteiger partial charge in [0.2, 0.25) is 11.8 Å². The van der Waals surface area contributed by atoms with E-state index in [4.69, 9.17) is 21.1 Å². The van der Waals surface area contributed by atoms with Gasteiger partial charge in [-0.2, -0.15) is 0 Å². The molecule has 0 fully saturated rings. The second-order valence-electron chi connectivity index (χ2n) is 6.09. The molecule has 2 rings (SSSR count). The first-order valence-electron chi connectivity index (χ1n) is 8.03. The highest BCUT2D eigenvalue weighted by Gasteiger charge is 2.19. The monoisotopic (exact) mass is 375 g/mol. The van der Waals surface area contributed by atoms with E-state index >= 15 is 0 Å². The molecule has 0 amide bonds. The number of ether oxygens (including phenoxy) is 2. The Balaban J connectivity index is 2.71. The molecule has 7 heteroatoms. The van der Waals surface area contributed by atoms with Crippen LogP contribution in [0.1, 0.15) is 37.6 Å². The first-order chi connectivity index (χ1) is 12.3. The van der Waals surface area contributed by atoms with Crippen LogP contribution in [0.4, 0.5) is 5.69 Å². The van der Waals surface area contributed by atoms with Crippen LogP contribution in [0.5, 0.6) is 5.88 Å². The number of halogens is 1. The Morgan fingerprint density at radius 3 is 2.31 bits per heavy atom. The Kier molecular flexibility index (Phi) is 6.21. The number of carbonyl (C=O) groups excluding carboxylic acids is 1. The Morgan fingerprint density at radius 2 is 1.81 bits per heavy atom. The molecule has 1 aromatic carbocycles. The maximum Gasteiger partial charge on any atom is 0.299 e. The van der Waals surface area contributed by atoms with Gasteiger partial charge in [-0.05, 0) is 57.9 Å². The van der Waals surface area contributed by atoms with Crippen LogP contribution < -0.4 is 4.74 Å². The third kappa shape index (κ3) is 4.14. The van der Waals surface area contributed by atoms with Crippen molar-refractivity contribution < 1.29 is 14.3 Å². The van der Waals surface area contributed by atoms with Crippen LogP contribution in [0.15, 0.2) is 28.8 Å². The molecule has 0 atom stereocenters.